The lowest BCUT2D eigenvalue weighted by atomic mass is 10.2. The summed E-state index contributed by atoms with van der Waals surface area (Å²) in [6, 6.07) is 22.1. The molecule has 0 bridgehead atoms. The number of anilines is 1. The zero-order valence-electron chi connectivity index (χ0n) is 18.9. The highest BCUT2D eigenvalue weighted by Gasteiger charge is 2.11. The molecule has 3 rings (SSSR count). The number of ether oxygens (including phenoxy) is 3. The summed E-state index contributed by atoms with van der Waals surface area (Å²) in [4.78, 5) is 12.5. The SMILES string of the molecule is CCCCOc1ccc(C(=O)NC(=S)Nc2ccc(OCCOc3ccccc3)cc2)cc1Br. The molecule has 8 heteroatoms. The van der Waals surface area contributed by atoms with Crippen molar-refractivity contribution in [1.29, 1.82) is 0 Å². The fourth-order valence-electron chi connectivity index (χ4n) is 2.89. The number of halogens is 1. The summed E-state index contributed by atoms with van der Waals surface area (Å²) in [5.41, 5.74) is 1.21. The van der Waals surface area contributed by atoms with Gasteiger partial charge in [-0.1, -0.05) is 31.5 Å². The van der Waals surface area contributed by atoms with Crippen LogP contribution in [0.1, 0.15) is 30.1 Å². The first-order chi connectivity index (χ1) is 16.5. The number of carbonyl (C=O) groups excluding carboxylic acids is 1. The smallest absolute Gasteiger partial charge is 0.257 e. The largest absolute Gasteiger partial charge is 0.492 e. The van der Waals surface area contributed by atoms with Crippen LogP contribution >= 0.6 is 28.1 Å². The van der Waals surface area contributed by atoms with Crippen LogP contribution < -0.4 is 24.8 Å². The van der Waals surface area contributed by atoms with Gasteiger partial charge in [-0.2, -0.15) is 0 Å². The van der Waals surface area contributed by atoms with E-state index in [2.05, 4.69) is 33.5 Å². The van der Waals surface area contributed by atoms with Crippen molar-refractivity contribution in [1.82, 2.24) is 5.32 Å². The van der Waals surface area contributed by atoms with E-state index in [1.54, 1.807) is 18.2 Å². The van der Waals surface area contributed by atoms with Gasteiger partial charge >= 0.3 is 0 Å². The minimum Gasteiger partial charge on any atom is -0.492 e. The lowest BCUT2D eigenvalue weighted by molar-refractivity contribution is 0.0977. The molecule has 0 heterocycles. The van der Waals surface area contributed by atoms with Gasteiger partial charge in [0.1, 0.15) is 30.5 Å². The molecule has 0 radical (unpaired) electrons. The highest BCUT2D eigenvalue weighted by atomic mass is 79.9. The van der Waals surface area contributed by atoms with Crippen molar-refractivity contribution in [3.8, 4) is 17.2 Å². The molecular weight excluding hydrogens is 516 g/mol. The molecule has 0 aromatic heterocycles. The molecule has 0 spiro atoms. The highest BCUT2D eigenvalue weighted by Crippen LogP contribution is 2.26. The van der Waals surface area contributed by atoms with Crippen molar-refractivity contribution in [2.45, 2.75) is 19.8 Å². The van der Waals surface area contributed by atoms with Gasteiger partial charge in [-0.3, -0.25) is 10.1 Å². The maximum absolute atomic E-state index is 12.5. The molecule has 0 saturated carbocycles. The van der Waals surface area contributed by atoms with Crippen LogP contribution in [0.5, 0.6) is 17.2 Å². The molecule has 0 aliphatic heterocycles. The Morgan fingerprint density at radius 2 is 1.56 bits per heavy atom. The van der Waals surface area contributed by atoms with E-state index < -0.39 is 0 Å². The van der Waals surface area contributed by atoms with E-state index in [0.29, 0.717) is 36.9 Å². The van der Waals surface area contributed by atoms with Crippen LogP contribution in [-0.4, -0.2) is 30.8 Å². The second-order valence-corrected chi connectivity index (χ2v) is 8.55. The van der Waals surface area contributed by atoms with E-state index in [-0.39, 0.29) is 11.0 Å². The zero-order valence-corrected chi connectivity index (χ0v) is 21.3. The summed E-state index contributed by atoms with van der Waals surface area (Å²) in [6.45, 7) is 3.62. The summed E-state index contributed by atoms with van der Waals surface area (Å²) in [5.74, 6) is 1.92. The van der Waals surface area contributed by atoms with Crippen LogP contribution in [0.25, 0.3) is 0 Å². The number of amides is 1. The molecule has 3 aromatic rings. The molecule has 178 valence electrons. The van der Waals surface area contributed by atoms with Crippen LogP contribution in [0.2, 0.25) is 0 Å². The van der Waals surface area contributed by atoms with Crippen molar-refractivity contribution in [3.05, 3.63) is 82.8 Å². The van der Waals surface area contributed by atoms with Crippen molar-refractivity contribution in [3.63, 3.8) is 0 Å². The number of hydrogen-bond acceptors (Lipinski definition) is 5. The third-order valence-corrected chi connectivity index (χ3v) is 5.48. The van der Waals surface area contributed by atoms with Crippen molar-refractivity contribution >= 4 is 44.9 Å². The maximum Gasteiger partial charge on any atom is 0.257 e. The fraction of sp³-hybridized carbons (Fsp3) is 0.231. The van der Waals surface area contributed by atoms with E-state index in [0.717, 1.165) is 28.8 Å². The van der Waals surface area contributed by atoms with E-state index in [9.17, 15) is 4.79 Å². The van der Waals surface area contributed by atoms with Crippen molar-refractivity contribution < 1.29 is 19.0 Å². The molecule has 3 aromatic carbocycles. The van der Waals surface area contributed by atoms with Gasteiger partial charge in [0.05, 0.1) is 11.1 Å². The predicted molar refractivity (Wildman–Crippen MR) is 142 cm³/mol. The molecule has 1 amide bonds. The molecule has 0 saturated heterocycles. The normalized spacial score (nSPS) is 10.3. The van der Waals surface area contributed by atoms with Crippen LogP contribution in [-0.2, 0) is 0 Å². The van der Waals surface area contributed by atoms with Gasteiger partial charge in [-0.25, -0.2) is 0 Å². The average molecular weight is 543 g/mol. The monoisotopic (exact) mass is 542 g/mol. The van der Waals surface area contributed by atoms with Gasteiger partial charge in [-0.05, 0) is 89.2 Å². The molecule has 0 atom stereocenters. The molecule has 0 aliphatic rings. The summed E-state index contributed by atoms with van der Waals surface area (Å²) < 4.78 is 17.7. The topological polar surface area (TPSA) is 68.8 Å². The van der Waals surface area contributed by atoms with Gasteiger partial charge < -0.3 is 19.5 Å². The fourth-order valence-corrected chi connectivity index (χ4v) is 3.60. The van der Waals surface area contributed by atoms with Crippen LogP contribution in [0.3, 0.4) is 0 Å². The number of hydrogen-bond donors (Lipinski definition) is 2. The molecule has 34 heavy (non-hydrogen) atoms. The number of para-hydroxylation sites is 1. The first-order valence-corrected chi connectivity index (χ1v) is 12.2. The summed E-state index contributed by atoms with van der Waals surface area (Å²) in [7, 11) is 0. The summed E-state index contributed by atoms with van der Waals surface area (Å²) >= 11 is 8.73. The lowest BCUT2D eigenvalue weighted by Gasteiger charge is -2.12. The Hall–Kier alpha value is -3.10. The van der Waals surface area contributed by atoms with Crippen LogP contribution in [0.15, 0.2) is 77.3 Å². The Morgan fingerprint density at radius 1 is 0.882 bits per heavy atom. The minimum absolute atomic E-state index is 0.203. The Bertz CT molecular complexity index is 1080. The van der Waals surface area contributed by atoms with Crippen molar-refractivity contribution in [2.75, 3.05) is 25.1 Å². The Kier molecular flexibility index (Phi) is 10.2. The Balaban J connectivity index is 1.42. The number of benzene rings is 3. The number of unbranched alkanes of at least 4 members (excludes halogenated alkanes) is 1. The average Bonchev–Trinajstić information content (AvgIpc) is 2.84. The van der Waals surface area contributed by atoms with E-state index in [1.807, 2.05) is 54.6 Å². The second-order valence-electron chi connectivity index (χ2n) is 7.29. The van der Waals surface area contributed by atoms with E-state index >= 15 is 0 Å². The third kappa shape index (κ3) is 8.35. The quantitative estimate of drug-likeness (QED) is 0.221. The van der Waals surface area contributed by atoms with Crippen LogP contribution in [0, 0.1) is 0 Å². The van der Waals surface area contributed by atoms with E-state index in [1.165, 1.54) is 0 Å². The van der Waals surface area contributed by atoms with Gasteiger partial charge in [0, 0.05) is 11.3 Å². The van der Waals surface area contributed by atoms with Gasteiger partial charge in [-0.15, -0.1) is 0 Å². The molecular formula is C26H27BrN2O4S. The van der Waals surface area contributed by atoms with Gasteiger partial charge in [0.25, 0.3) is 5.91 Å². The van der Waals surface area contributed by atoms with E-state index in [4.69, 9.17) is 26.4 Å². The standard InChI is InChI=1S/C26H27BrN2O4S/c1-2-3-15-33-24-14-9-19(18-23(24)27)25(30)29-26(34)28-20-10-12-22(13-11-20)32-17-16-31-21-7-5-4-6-8-21/h4-14,18H,2-3,15-17H2,1H3,(H2,28,29,30,34). The zero-order chi connectivity index (χ0) is 24.2. The summed E-state index contributed by atoms with van der Waals surface area (Å²) in [6.07, 6.45) is 2.03. The maximum atomic E-state index is 12.5. The summed E-state index contributed by atoms with van der Waals surface area (Å²) in [5, 5.41) is 5.89. The predicted octanol–water partition coefficient (Wildman–Crippen LogP) is 6.21. The molecule has 2 N–H and O–H groups in total. The molecule has 0 unspecified atom stereocenters. The van der Waals surface area contributed by atoms with Gasteiger partial charge in [0.2, 0.25) is 0 Å². The molecule has 6 nitrogen and oxygen atoms in total. The van der Waals surface area contributed by atoms with Gasteiger partial charge in [0.15, 0.2) is 5.11 Å². The molecule has 0 fully saturated rings. The number of thiocarbonyl (C=S) groups is 1. The van der Waals surface area contributed by atoms with Crippen LogP contribution in [0.4, 0.5) is 5.69 Å². The highest BCUT2D eigenvalue weighted by molar-refractivity contribution is 9.10. The number of carbonyl (C=O) groups is 1. The second kappa shape index (κ2) is 13.6. The first kappa shape index (κ1) is 25.5. The number of nitrogens with one attached hydrogen (secondary N) is 2. The Labute approximate surface area is 213 Å². The lowest BCUT2D eigenvalue weighted by Crippen LogP contribution is -2.34. The third-order valence-electron chi connectivity index (χ3n) is 4.65. The number of rotatable bonds is 11. The Morgan fingerprint density at radius 3 is 2.21 bits per heavy atom. The first-order valence-electron chi connectivity index (χ1n) is 11.0. The molecule has 0 aliphatic carbocycles. The van der Waals surface area contributed by atoms with Crippen molar-refractivity contribution in [2.24, 2.45) is 0 Å². The minimum atomic E-state index is -0.309.